The molecule has 0 aliphatic carbocycles. The molecule has 14 heavy (non-hydrogen) atoms. The molecule has 0 radical (unpaired) electrons. The van der Waals surface area contributed by atoms with Crippen molar-refractivity contribution in [2.75, 3.05) is 0 Å². The predicted octanol–water partition coefficient (Wildman–Crippen LogP) is 2.85. The molecule has 0 spiro atoms. The zero-order valence-electron chi connectivity index (χ0n) is 6.98. The molecule has 78 valence electrons. The van der Waals surface area contributed by atoms with Gasteiger partial charge in [-0.15, -0.1) is 11.6 Å². The standard InChI is InChI=1S/C8H7ClF2INO/c9-1-6-4(3-14)7(8(10)11)5(12)2-13-6/h2,8,14H,1,3H2. The molecule has 0 aromatic carbocycles. The lowest BCUT2D eigenvalue weighted by molar-refractivity contribution is 0.145. The van der Waals surface area contributed by atoms with Gasteiger partial charge in [0.25, 0.3) is 6.43 Å². The van der Waals surface area contributed by atoms with E-state index in [0.29, 0.717) is 9.26 Å². The van der Waals surface area contributed by atoms with E-state index < -0.39 is 13.0 Å². The van der Waals surface area contributed by atoms with E-state index in [0.717, 1.165) is 0 Å². The molecule has 0 saturated carbocycles. The fourth-order valence-electron chi connectivity index (χ4n) is 1.11. The van der Waals surface area contributed by atoms with Gasteiger partial charge < -0.3 is 5.11 Å². The summed E-state index contributed by atoms with van der Waals surface area (Å²) in [6.07, 6.45) is -1.28. The molecule has 1 aromatic rings. The molecule has 2 nitrogen and oxygen atoms in total. The summed E-state index contributed by atoms with van der Waals surface area (Å²) in [5.41, 5.74) is 0.283. The smallest absolute Gasteiger partial charge is 0.265 e. The summed E-state index contributed by atoms with van der Waals surface area (Å²) >= 11 is 7.28. The minimum Gasteiger partial charge on any atom is -0.392 e. The van der Waals surface area contributed by atoms with E-state index in [4.69, 9.17) is 16.7 Å². The minimum absolute atomic E-state index is 0.0204. The second-order valence-electron chi connectivity index (χ2n) is 2.54. The van der Waals surface area contributed by atoms with Crippen LogP contribution in [0.3, 0.4) is 0 Å². The largest absolute Gasteiger partial charge is 0.392 e. The minimum atomic E-state index is -2.62. The Morgan fingerprint density at radius 2 is 2.21 bits per heavy atom. The fourth-order valence-corrected chi connectivity index (χ4v) is 2.04. The number of pyridine rings is 1. The lowest BCUT2D eigenvalue weighted by Crippen LogP contribution is -2.04. The highest BCUT2D eigenvalue weighted by Crippen LogP contribution is 2.29. The number of halogens is 4. The molecule has 1 aromatic heterocycles. The maximum Gasteiger partial charge on any atom is 0.265 e. The zero-order chi connectivity index (χ0) is 10.7. The number of aliphatic hydroxyl groups excluding tert-OH is 1. The molecular weight excluding hydrogens is 326 g/mol. The van der Waals surface area contributed by atoms with Gasteiger partial charge in [0.05, 0.1) is 18.2 Å². The maximum absolute atomic E-state index is 12.6. The van der Waals surface area contributed by atoms with Crippen molar-refractivity contribution in [1.29, 1.82) is 0 Å². The van der Waals surface area contributed by atoms with Crippen molar-refractivity contribution in [1.82, 2.24) is 4.98 Å². The number of rotatable bonds is 3. The van der Waals surface area contributed by atoms with Gasteiger partial charge in [-0.05, 0) is 22.6 Å². The van der Waals surface area contributed by atoms with E-state index in [1.807, 2.05) is 0 Å². The summed E-state index contributed by atoms with van der Waals surface area (Å²) in [7, 11) is 0. The highest BCUT2D eigenvalue weighted by atomic mass is 127. The molecule has 0 unspecified atom stereocenters. The van der Waals surface area contributed by atoms with Gasteiger partial charge in [-0.2, -0.15) is 0 Å². The summed E-state index contributed by atoms with van der Waals surface area (Å²) < 4.78 is 25.6. The van der Waals surface area contributed by atoms with Gasteiger partial charge in [-0.3, -0.25) is 4.98 Å². The zero-order valence-corrected chi connectivity index (χ0v) is 9.89. The van der Waals surface area contributed by atoms with Gasteiger partial charge in [0, 0.05) is 20.9 Å². The molecule has 0 bridgehead atoms. The van der Waals surface area contributed by atoms with Crippen LogP contribution in [-0.2, 0) is 12.5 Å². The first-order valence-electron chi connectivity index (χ1n) is 3.73. The van der Waals surface area contributed by atoms with Crippen LogP contribution < -0.4 is 0 Å². The topological polar surface area (TPSA) is 33.1 Å². The highest BCUT2D eigenvalue weighted by Gasteiger charge is 2.19. The van der Waals surface area contributed by atoms with Crippen molar-refractivity contribution in [3.8, 4) is 0 Å². The number of hydrogen-bond acceptors (Lipinski definition) is 2. The van der Waals surface area contributed by atoms with Crippen LogP contribution in [-0.4, -0.2) is 10.1 Å². The van der Waals surface area contributed by atoms with E-state index in [1.165, 1.54) is 6.20 Å². The third-order valence-electron chi connectivity index (χ3n) is 1.77. The fraction of sp³-hybridized carbons (Fsp3) is 0.375. The molecule has 0 amide bonds. The summed E-state index contributed by atoms with van der Waals surface area (Å²) in [6.45, 7) is -0.467. The molecule has 0 aliphatic rings. The van der Waals surface area contributed by atoms with E-state index in [2.05, 4.69) is 4.98 Å². The number of hydrogen-bond donors (Lipinski definition) is 1. The maximum atomic E-state index is 12.6. The van der Waals surface area contributed by atoms with Crippen LogP contribution in [0.15, 0.2) is 6.20 Å². The van der Waals surface area contributed by atoms with E-state index >= 15 is 0 Å². The molecule has 0 saturated heterocycles. The van der Waals surface area contributed by atoms with Crippen molar-refractivity contribution in [3.05, 3.63) is 26.6 Å². The quantitative estimate of drug-likeness (QED) is 0.681. The van der Waals surface area contributed by atoms with Gasteiger partial charge in [0.1, 0.15) is 0 Å². The molecule has 1 N–H and O–H groups in total. The summed E-state index contributed by atoms with van der Waals surface area (Å²) in [4.78, 5) is 3.88. The Labute approximate surface area is 98.4 Å². The molecule has 1 heterocycles. The van der Waals surface area contributed by atoms with Crippen LogP contribution in [0.2, 0.25) is 0 Å². The Morgan fingerprint density at radius 3 is 2.64 bits per heavy atom. The Balaban J connectivity index is 3.35. The van der Waals surface area contributed by atoms with Crippen molar-refractivity contribution in [2.24, 2.45) is 0 Å². The number of alkyl halides is 3. The van der Waals surface area contributed by atoms with Crippen molar-refractivity contribution in [3.63, 3.8) is 0 Å². The number of aliphatic hydroxyl groups is 1. The third-order valence-corrected chi connectivity index (χ3v) is 2.88. The number of nitrogens with zero attached hydrogens (tertiary/aromatic N) is 1. The van der Waals surface area contributed by atoms with Crippen LogP contribution in [0.5, 0.6) is 0 Å². The van der Waals surface area contributed by atoms with Crippen LogP contribution in [0.25, 0.3) is 0 Å². The summed E-state index contributed by atoms with van der Waals surface area (Å²) in [5, 5.41) is 8.97. The average Bonchev–Trinajstić information content (AvgIpc) is 2.16. The lowest BCUT2D eigenvalue weighted by atomic mass is 10.1. The summed E-state index contributed by atoms with van der Waals surface area (Å²) in [6, 6.07) is 0. The average molecular weight is 334 g/mol. The molecule has 0 atom stereocenters. The Hall–Kier alpha value is -0.0100. The molecule has 0 aliphatic heterocycles. The Bertz CT molecular complexity index is 335. The highest BCUT2D eigenvalue weighted by molar-refractivity contribution is 14.1. The number of aromatic nitrogens is 1. The second-order valence-corrected chi connectivity index (χ2v) is 3.97. The first kappa shape index (κ1) is 12.1. The van der Waals surface area contributed by atoms with Crippen molar-refractivity contribution >= 4 is 34.2 Å². The predicted molar refractivity (Wildman–Crippen MR) is 57.4 cm³/mol. The van der Waals surface area contributed by atoms with Crippen molar-refractivity contribution in [2.45, 2.75) is 18.9 Å². The van der Waals surface area contributed by atoms with Crippen molar-refractivity contribution < 1.29 is 13.9 Å². The van der Waals surface area contributed by atoms with E-state index in [9.17, 15) is 8.78 Å². The van der Waals surface area contributed by atoms with Crippen LogP contribution in [0.4, 0.5) is 8.78 Å². The molecular formula is C8H7ClF2INO. The van der Waals surface area contributed by atoms with Crippen LogP contribution >= 0.6 is 34.2 Å². The van der Waals surface area contributed by atoms with E-state index in [-0.39, 0.29) is 17.0 Å². The normalized spacial score (nSPS) is 11.0. The molecule has 0 fully saturated rings. The molecule has 6 heteroatoms. The third kappa shape index (κ3) is 2.32. The van der Waals surface area contributed by atoms with Gasteiger partial charge in [-0.25, -0.2) is 8.78 Å². The monoisotopic (exact) mass is 333 g/mol. The first-order valence-corrected chi connectivity index (χ1v) is 5.34. The second kappa shape index (κ2) is 5.18. The van der Waals surface area contributed by atoms with Crippen LogP contribution in [0, 0.1) is 3.57 Å². The Morgan fingerprint density at radius 1 is 1.57 bits per heavy atom. The van der Waals surface area contributed by atoms with E-state index in [1.54, 1.807) is 22.6 Å². The SMILES string of the molecule is OCc1c(CCl)ncc(I)c1C(F)F. The van der Waals surface area contributed by atoms with Gasteiger partial charge >= 0.3 is 0 Å². The van der Waals surface area contributed by atoms with Gasteiger partial charge in [-0.1, -0.05) is 0 Å². The lowest BCUT2D eigenvalue weighted by Gasteiger charge is -2.11. The summed E-state index contributed by atoms with van der Waals surface area (Å²) in [5.74, 6) is 0.0204. The molecule has 1 rings (SSSR count). The van der Waals surface area contributed by atoms with Gasteiger partial charge in [0.15, 0.2) is 0 Å². The first-order chi connectivity index (χ1) is 6.61. The van der Waals surface area contributed by atoms with Crippen LogP contribution in [0.1, 0.15) is 23.2 Å². The van der Waals surface area contributed by atoms with Gasteiger partial charge in [0.2, 0.25) is 0 Å². The Kier molecular flexibility index (Phi) is 4.46.